The Labute approximate surface area is 93.7 Å². The van der Waals surface area contributed by atoms with E-state index < -0.39 is 0 Å². The lowest BCUT2D eigenvalue weighted by molar-refractivity contribution is 0.151. The molecule has 0 saturated heterocycles. The lowest BCUT2D eigenvalue weighted by Gasteiger charge is -2.09. The Kier molecular flexibility index (Phi) is 3.01. The molecule has 76 valence electrons. The number of aliphatic hydroxyl groups excluding tert-OH is 1. The molecule has 1 aliphatic rings. The minimum absolute atomic E-state index is 0.216. The Morgan fingerprint density at radius 3 is 2.57 bits per heavy atom. The van der Waals surface area contributed by atoms with Gasteiger partial charge in [0.15, 0.2) is 0 Å². The van der Waals surface area contributed by atoms with Gasteiger partial charge in [-0.15, -0.1) is 0 Å². The van der Waals surface area contributed by atoms with Gasteiger partial charge in [0, 0.05) is 0 Å². The van der Waals surface area contributed by atoms with E-state index in [-0.39, 0.29) is 6.10 Å². The van der Waals surface area contributed by atoms with E-state index in [1.54, 1.807) is 6.07 Å². The molecule has 0 bridgehead atoms. The van der Waals surface area contributed by atoms with Crippen LogP contribution in [0.1, 0.15) is 18.4 Å². The standard InChI is InChI=1S/C11H12Cl2O/c12-9-4-1-7(5-10(9)13)6-11(14)8-2-3-8/h1,4-5,8,11,14H,2-3,6H2. The molecule has 1 unspecified atom stereocenters. The van der Waals surface area contributed by atoms with E-state index in [1.165, 1.54) is 0 Å². The van der Waals surface area contributed by atoms with Crippen LogP contribution in [0, 0.1) is 5.92 Å². The first-order valence-electron chi connectivity index (χ1n) is 4.79. The fraction of sp³-hybridized carbons (Fsp3) is 0.455. The van der Waals surface area contributed by atoms with Crippen molar-refractivity contribution in [2.75, 3.05) is 0 Å². The molecule has 1 N–H and O–H groups in total. The third-order valence-corrected chi connectivity index (χ3v) is 3.33. The van der Waals surface area contributed by atoms with Crippen LogP contribution in [0.15, 0.2) is 18.2 Å². The number of hydrogen-bond acceptors (Lipinski definition) is 1. The maximum Gasteiger partial charge on any atom is 0.0608 e. The lowest BCUT2D eigenvalue weighted by Crippen LogP contribution is -2.12. The molecule has 14 heavy (non-hydrogen) atoms. The quantitative estimate of drug-likeness (QED) is 0.846. The Morgan fingerprint density at radius 1 is 1.29 bits per heavy atom. The molecular weight excluding hydrogens is 219 g/mol. The van der Waals surface area contributed by atoms with Gasteiger partial charge in [0.1, 0.15) is 0 Å². The molecular formula is C11H12Cl2O. The summed E-state index contributed by atoms with van der Waals surface area (Å²) in [5, 5.41) is 10.9. The van der Waals surface area contributed by atoms with Crippen LogP contribution in [0.2, 0.25) is 10.0 Å². The minimum atomic E-state index is -0.216. The van der Waals surface area contributed by atoms with Crippen molar-refractivity contribution < 1.29 is 5.11 Å². The summed E-state index contributed by atoms with van der Waals surface area (Å²) in [5.41, 5.74) is 1.05. The van der Waals surface area contributed by atoms with Gasteiger partial charge < -0.3 is 5.11 Å². The van der Waals surface area contributed by atoms with Gasteiger partial charge in [-0.3, -0.25) is 0 Å². The van der Waals surface area contributed by atoms with Crippen molar-refractivity contribution in [3.05, 3.63) is 33.8 Å². The molecule has 1 aliphatic carbocycles. The molecule has 2 rings (SSSR count). The van der Waals surface area contributed by atoms with Gasteiger partial charge in [-0.25, -0.2) is 0 Å². The molecule has 0 aliphatic heterocycles. The molecule has 0 spiro atoms. The number of hydrogen-bond donors (Lipinski definition) is 1. The van der Waals surface area contributed by atoms with E-state index in [9.17, 15) is 5.11 Å². The average Bonchev–Trinajstić information content (AvgIpc) is 2.94. The first-order valence-corrected chi connectivity index (χ1v) is 5.54. The number of halogens is 2. The fourth-order valence-corrected chi connectivity index (χ4v) is 1.88. The summed E-state index contributed by atoms with van der Waals surface area (Å²) in [5.74, 6) is 0.504. The van der Waals surface area contributed by atoms with Crippen LogP contribution >= 0.6 is 23.2 Å². The maximum absolute atomic E-state index is 9.73. The van der Waals surface area contributed by atoms with Crippen LogP contribution in [0.5, 0.6) is 0 Å². The Bertz CT molecular complexity index is 334. The summed E-state index contributed by atoms with van der Waals surface area (Å²) in [6, 6.07) is 5.52. The Morgan fingerprint density at radius 2 is 2.00 bits per heavy atom. The second-order valence-electron chi connectivity index (χ2n) is 3.86. The minimum Gasteiger partial charge on any atom is -0.392 e. The van der Waals surface area contributed by atoms with Crippen LogP contribution in [-0.2, 0) is 6.42 Å². The lowest BCUT2D eigenvalue weighted by atomic mass is 10.1. The van der Waals surface area contributed by atoms with Crippen LogP contribution in [0.3, 0.4) is 0 Å². The van der Waals surface area contributed by atoms with Gasteiger partial charge in [-0.2, -0.15) is 0 Å². The molecule has 0 aromatic heterocycles. The first kappa shape index (κ1) is 10.3. The van der Waals surface area contributed by atoms with E-state index >= 15 is 0 Å². The SMILES string of the molecule is OC(Cc1ccc(Cl)c(Cl)c1)C1CC1. The summed E-state index contributed by atoms with van der Waals surface area (Å²) in [6.45, 7) is 0. The molecule has 1 saturated carbocycles. The van der Waals surface area contributed by atoms with E-state index in [0.29, 0.717) is 22.4 Å². The van der Waals surface area contributed by atoms with E-state index in [0.717, 1.165) is 18.4 Å². The van der Waals surface area contributed by atoms with Crippen LogP contribution in [0.4, 0.5) is 0 Å². The zero-order valence-electron chi connectivity index (χ0n) is 7.71. The van der Waals surface area contributed by atoms with Gasteiger partial charge in [-0.05, 0) is 42.9 Å². The van der Waals surface area contributed by atoms with Gasteiger partial charge in [0.25, 0.3) is 0 Å². The van der Waals surface area contributed by atoms with Crippen molar-refractivity contribution >= 4 is 23.2 Å². The third-order valence-electron chi connectivity index (χ3n) is 2.60. The molecule has 3 heteroatoms. The smallest absolute Gasteiger partial charge is 0.0608 e. The summed E-state index contributed by atoms with van der Waals surface area (Å²) < 4.78 is 0. The largest absolute Gasteiger partial charge is 0.392 e. The monoisotopic (exact) mass is 230 g/mol. The zero-order valence-corrected chi connectivity index (χ0v) is 9.22. The van der Waals surface area contributed by atoms with E-state index in [4.69, 9.17) is 23.2 Å². The molecule has 1 aromatic rings. The molecule has 1 fully saturated rings. The van der Waals surface area contributed by atoms with Gasteiger partial charge in [0.05, 0.1) is 16.1 Å². The molecule has 1 nitrogen and oxygen atoms in total. The molecule has 0 amide bonds. The van der Waals surface area contributed by atoms with Crippen LogP contribution < -0.4 is 0 Å². The average molecular weight is 231 g/mol. The van der Waals surface area contributed by atoms with Crippen molar-refractivity contribution in [2.24, 2.45) is 5.92 Å². The Balaban J connectivity index is 2.04. The highest BCUT2D eigenvalue weighted by Crippen LogP contribution is 2.34. The second-order valence-corrected chi connectivity index (χ2v) is 4.67. The Hall–Kier alpha value is -0.240. The summed E-state index contributed by atoms with van der Waals surface area (Å²) in [4.78, 5) is 0. The van der Waals surface area contributed by atoms with Gasteiger partial charge in [-0.1, -0.05) is 29.3 Å². The van der Waals surface area contributed by atoms with Crippen molar-refractivity contribution in [2.45, 2.75) is 25.4 Å². The normalized spacial score (nSPS) is 18.2. The number of aliphatic hydroxyl groups is 1. The molecule has 0 heterocycles. The maximum atomic E-state index is 9.73. The summed E-state index contributed by atoms with van der Waals surface area (Å²) in [6.07, 6.45) is 2.78. The third kappa shape index (κ3) is 2.41. The molecule has 0 radical (unpaired) electrons. The van der Waals surface area contributed by atoms with Crippen molar-refractivity contribution in [3.8, 4) is 0 Å². The van der Waals surface area contributed by atoms with Crippen LogP contribution in [-0.4, -0.2) is 11.2 Å². The predicted molar refractivity (Wildman–Crippen MR) is 58.9 cm³/mol. The fourth-order valence-electron chi connectivity index (χ4n) is 1.56. The summed E-state index contributed by atoms with van der Waals surface area (Å²) in [7, 11) is 0. The number of rotatable bonds is 3. The van der Waals surface area contributed by atoms with Gasteiger partial charge in [0.2, 0.25) is 0 Å². The molecule has 1 aromatic carbocycles. The van der Waals surface area contributed by atoms with E-state index in [1.807, 2.05) is 12.1 Å². The van der Waals surface area contributed by atoms with Crippen molar-refractivity contribution in [1.82, 2.24) is 0 Å². The zero-order chi connectivity index (χ0) is 10.1. The second kappa shape index (κ2) is 4.09. The highest BCUT2D eigenvalue weighted by Gasteiger charge is 2.29. The highest BCUT2D eigenvalue weighted by atomic mass is 35.5. The topological polar surface area (TPSA) is 20.2 Å². The first-order chi connectivity index (χ1) is 6.66. The van der Waals surface area contributed by atoms with Crippen molar-refractivity contribution in [1.29, 1.82) is 0 Å². The summed E-state index contributed by atoms with van der Waals surface area (Å²) >= 11 is 11.7. The highest BCUT2D eigenvalue weighted by molar-refractivity contribution is 6.42. The van der Waals surface area contributed by atoms with E-state index in [2.05, 4.69) is 0 Å². The molecule has 1 atom stereocenters. The predicted octanol–water partition coefficient (Wildman–Crippen LogP) is 3.31. The van der Waals surface area contributed by atoms with Gasteiger partial charge >= 0.3 is 0 Å². The van der Waals surface area contributed by atoms with Crippen LogP contribution in [0.25, 0.3) is 0 Å². The number of benzene rings is 1. The van der Waals surface area contributed by atoms with Crippen molar-refractivity contribution in [3.63, 3.8) is 0 Å².